The SMILES string of the molecule is O=c1c2ccc3c(=O)n4c5cccc6cccc(nc4c4ccc(c2c34)c2nc3cccc4c3c(n12)CCC=4)c65. The van der Waals surface area contributed by atoms with Crippen LogP contribution in [0.5, 0.6) is 0 Å². The maximum absolute atomic E-state index is 14.2. The second-order valence-electron chi connectivity index (χ2n) is 10.8. The molecule has 0 spiro atoms. The first-order valence-electron chi connectivity index (χ1n) is 13.5. The Morgan fingerprint density at radius 3 is 1.93 bits per heavy atom. The molecule has 0 aliphatic heterocycles. The van der Waals surface area contributed by atoms with Crippen molar-refractivity contribution in [3.8, 4) is 0 Å². The van der Waals surface area contributed by atoms with Gasteiger partial charge in [0.1, 0.15) is 11.3 Å². The van der Waals surface area contributed by atoms with Gasteiger partial charge in [0.05, 0.1) is 16.6 Å². The average Bonchev–Trinajstić information content (AvgIpc) is 2.99. The van der Waals surface area contributed by atoms with Crippen LogP contribution in [-0.4, -0.2) is 18.8 Å². The van der Waals surface area contributed by atoms with Gasteiger partial charge in [0.25, 0.3) is 11.1 Å². The highest BCUT2D eigenvalue weighted by atomic mass is 16.1. The summed E-state index contributed by atoms with van der Waals surface area (Å²) in [6.07, 6.45) is 3.87. The maximum atomic E-state index is 14.2. The Kier molecular flexibility index (Phi) is 3.50. The topological polar surface area (TPSA) is 68.7 Å². The molecule has 0 saturated carbocycles. The van der Waals surface area contributed by atoms with Crippen molar-refractivity contribution < 1.29 is 0 Å². The number of benzene rings is 5. The van der Waals surface area contributed by atoms with Gasteiger partial charge in [0.15, 0.2) is 0 Å². The third kappa shape index (κ3) is 2.25. The van der Waals surface area contributed by atoms with E-state index in [2.05, 4.69) is 12.1 Å². The van der Waals surface area contributed by atoms with Crippen LogP contribution in [0.2, 0.25) is 0 Å². The Morgan fingerprint density at radius 2 is 1.18 bits per heavy atom. The van der Waals surface area contributed by atoms with Crippen molar-refractivity contribution >= 4 is 82.4 Å². The summed E-state index contributed by atoms with van der Waals surface area (Å²) < 4.78 is 3.54. The predicted molar refractivity (Wildman–Crippen MR) is 161 cm³/mol. The van der Waals surface area contributed by atoms with E-state index in [1.165, 1.54) is 0 Å². The molecule has 0 saturated heterocycles. The molecule has 0 amide bonds. The molecule has 4 heterocycles. The molecule has 0 unspecified atom stereocenters. The molecule has 9 aromatic rings. The fourth-order valence-electron chi connectivity index (χ4n) is 7.25. The van der Waals surface area contributed by atoms with Gasteiger partial charge in [-0.2, -0.15) is 0 Å². The highest BCUT2D eigenvalue weighted by molar-refractivity contribution is 6.28. The summed E-state index contributed by atoms with van der Waals surface area (Å²) in [5, 5.41) is 8.64. The molecule has 0 N–H and O–H groups in total. The molecule has 0 atom stereocenters. The van der Waals surface area contributed by atoms with E-state index in [-0.39, 0.29) is 11.1 Å². The van der Waals surface area contributed by atoms with E-state index in [9.17, 15) is 9.59 Å². The number of fused-ring (bicyclic) bond motifs is 6. The lowest BCUT2D eigenvalue weighted by Crippen LogP contribution is -2.24. The van der Waals surface area contributed by atoms with Gasteiger partial charge in [0.2, 0.25) is 0 Å². The number of aromatic nitrogens is 4. The van der Waals surface area contributed by atoms with Gasteiger partial charge in [-0.15, -0.1) is 0 Å². The minimum Gasteiger partial charge on any atom is -0.268 e. The largest absolute Gasteiger partial charge is 0.268 e. The summed E-state index contributed by atoms with van der Waals surface area (Å²) in [6, 6.07) is 25.9. The van der Waals surface area contributed by atoms with E-state index >= 15 is 0 Å². The molecular formula is C34H18N4O2. The van der Waals surface area contributed by atoms with Crippen LogP contribution < -0.4 is 16.3 Å². The Hall–Kier alpha value is -5.36. The van der Waals surface area contributed by atoms with E-state index in [0.29, 0.717) is 22.1 Å². The lowest BCUT2D eigenvalue weighted by atomic mass is 9.95. The molecule has 1 aliphatic rings. The molecule has 186 valence electrons. The van der Waals surface area contributed by atoms with Gasteiger partial charge in [-0.3, -0.25) is 18.4 Å². The van der Waals surface area contributed by atoms with Gasteiger partial charge >= 0.3 is 0 Å². The van der Waals surface area contributed by atoms with Crippen LogP contribution in [0.3, 0.4) is 0 Å². The number of hydrogen-bond acceptors (Lipinski definition) is 4. The van der Waals surface area contributed by atoms with Crippen LogP contribution in [-0.2, 0) is 6.42 Å². The first-order valence-corrected chi connectivity index (χ1v) is 13.5. The first-order chi connectivity index (χ1) is 19.7. The Balaban J connectivity index is 1.50. The predicted octanol–water partition coefficient (Wildman–Crippen LogP) is 5.51. The normalized spacial score (nSPS) is 13.7. The van der Waals surface area contributed by atoms with Crippen molar-refractivity contribution in [2.45, 2.75) is 12.8 Å². The van der Waals surface area contributed by atoms with E-state index in [4.69, 9.17) is 9.97 Å². The average molecular weight is 515 g/mol. The number of hydrogen-bond donors (Lipinski definition) is 0. The lowest BCUT2D eigenvalue weighted by Gasteiger charge is -2.19. The molecule has 5 aromatic carbocycles. The minimum atomic E-state index is -0.135. The van der Waals surface area contributed by atoms with Gasteiger partial charge in [0, 0.05) is 48.8 Å². The van der Waals surface area contributed by atoms with Gasteiger partial charge in [-0.25, -0.2) is 9.97 Å². The zero-order valence-electron chi connectivity index (χ0n) is 21.1. The Labute approximate surface area is 224 Å². The second kappa shape index (κ2) is 6.79. The molecule has 40 heavy (non-hydrogen) atoms. The van der Waals surface area contributed by atoms with Crippen LogP contribution in [0, 0.1) is 0 Å². The van der Waals surface area contributed by atoms with Gasteiger partial charge < -0.3 is 0 Å². The van der Waals surface area contributed by atoms with Gasteiger partial charge in [-0.1, -0.05) is 42.5 Å². The van der Waals surface area contributed by atoms with E-state index < -0.39 is 0 Å². The van der Waals surface area contributed by atoms with Crippen molar-refractivity contribution in [1.29, 1.82) is 0 Å². The summed E-state index contributed by atoms with van der Waals surface area (Å²) >= 11 is 0. The molecule has 1 aliphatic carbocycles. The zero-order valence-corrected chi connectivity index (χ0v) is 21.1. The fourth-order valence-corrected chi connectivity index (χ4v) is 7.25. The molecule has 6 nitrogen and oxygen atoms in total. The van der Waals surface area contributed by atoms with Crippen LogP contribution in [0.4, 0.5) is 0 Å². The lowest BCUT2D eigenvalue weighted by molar-refractivity contribution is 0.906. The molecule has 6 heteroatoms. The van der Waals surface area contributed by atoms with E-state index in [1.807, 2.05) is 77.2 Å². The number of aryl methyl sites for hydroxylation is 1. The summed E-state index contributed by atoms with van der Waals surface area (Å²) in [4.78, 5) is 38.5. The Bertz CT molecular complexity index is 2800. The monoisotopic (exact) mass is 514 g/mol. The smallest absolute Gasteiger partial charge is 0.264 e. The summed E-state index contributed by atoms with van der Waals surface area (Å²) in [5.74, 6) is 0. The number of rotatable bonds is 0. The van der Waals surface area contributed by atoms with Crippen molar-refractivity contribution in [3.05, 3.63) is 110 Å². The van der Waals surface area contributed by atoms with Crippen molar-refractivity contribution in [1.82, 2.24) is 18.8 Å². The van der Waals surface area contributed by atoms with Crippen LogP contribution in [0.15, 0.2) is 88.5 Å². The minimum absolute atomic E-state index is 0.0946. The molecule has 0 fully saturated rings. The molecule has 0 radical (unpaired) electrons. The third-order valence-corrected chi connectivity index (χ3v) is 8.87. The van der Waals surface area contributed by atoms with Gasteiger partial charge in [-0.05, 0) is 65.9 Å². The van der Waals surface area contributed by atoms with Crippen molar-refractivity contribution in [2.24, 2.45) is 0 Å². The third-order valence-electron chi connectivity index (χ3n) is 8.87. The van der Waals surface area contributed by atoms with Crippen LogP contribution in [0.1, 0.15) is 12.1 Å². The number of nitrogens with zero attached hydrogens (tertiary/aromatic N) is 4. The second-order valence-corrected chi connectivity index (χ2v) is 10.8. The van der Waals surface area contributed by atoms with Crippen molar-refractivity contribution in [3.63, 3.8) is 0 Å². The Morgan fingerprint density at radius 1 is 0.575 bits per heavy atom. The molecule has 0 bridgehead atoms. The molecular weight excluding hydrogens is 496 g/mol. The summed E-state index contributed by atoms with van der Waals surface area (Å²) in [5.41, 5.74) is 4.57. The van der Waals surface area contributed by atoms with Crippen LogP contribution in [0.25, 0.3) is 82.4 Å². The molecule has 4 aromatic heterocycles. The fraction of sp³-hybridized carbons (Fsp3) is 0.0588. The first kappa shape index (κ1) is 20.6. The standard InChI is InChI=1S/C34H18N4O2/c39-33-21-15-16-22-30-20(32-36-24-10-2-6-18-8-4-12-26(28(18)24)38(32)34(22)40)14-13-19(29(21)30)31-35-23-9-1-5-17-7-3-11-25(27(17)23)37(31)33/h1-3,5-11,13-16H,4,12H2. The zero-order chi connectivity index (χ0) is 26.3. The van der Waals surface area contributed by atoms with Crippen LogP contribution >= 0.6 is 0 Å². The maximum Gasteiger partial charge on any atom is 0.264 e. The van der Waals surface area contributed by atoms with E-state index in [1.54, 1.807) is 4.40 Å². The summed E-state index contributed by atoms with van der Waals surface area (Å²) in [6.45, 7) is 0. The highest BCUT2D eigenvalue weighted by Crippen LogP contribution is 2.37. The summed E-state index contributed by atoms with van der Waals surface area (Å²) in [7, 11) is 0. The van der Waals surface area contributed by atoms with E-state index in [0.717, 1.165) is 78.0 Å². The van der Waals surface area contributed by atoms with Crippen molar-refractivity contribution in [2.75, 3.05) is 0 Å². The number of pyridine rings is 2. The highest BCUT2D eigenvalue weighted by Gasteiger charge is 2.23. The molecule has 10 rings (SSSR count). The quantitative estimate of drug-likeness (QED) is 0.198.